The fraction of sp³-hybridized carbons (Fsp3) is 0.600. The van der Waals surface area contributed by atoms with Crippen LogP contribution in [-0.2, 0) is 4.74 Å². The summed E-state index contributed by atoms with van der Waals surface area (Å²) in [5.41, 5.74) is 8.00. The lowest BCUT2D eigenvalue weighted by Gasteiger charge is -2.26. The highest BCUT2D eigenvalue weighted by molar-refractivity contribution is 5.27. The standard InChI is InChI=1S/C15H22FNO/c1-8-7-12(5-6-13(8)16)15(17)14-9(2)10(3)18-11(14)4/h5-7,9-11,14-15H,17H2,1-4H3. The lowest BCUT2D eigenvalue weighted by Crippen LogP contribution is -2.30. The molecule has 0 spiro atoms. The van der Waals surface area contributed by atoms with E-state index in [1.54, 1.807) is 13.0 Å². The van der Waals surface area contributed by atoms with Gasteiger partial charge >= 0.3 is 0 Å². The number of halogens is 1. The zero-order valence-electron chi connectivity index (χ0n) is 11.5. The molecule has 3 heteroatoms. The average molecular weight is 251 g/mol. The van der Waals surface area contributed by atoms with E-state index in [0.29, 0.717) is 11.5 Å². The van der Waals surface area contributed by atoms with E-state index in [2.05, 4.69) is 20.8 Å². The van der Waals surface area contributed by atoms with Crippen molar-refractivity contribution in [2.45, 2.75) is 45.9 Å². The summed E-state index contributed by atoms with van der Waals surface area (Å²) in [6.45, 7) is 8.10. The van der Waals surface area contributed by atoms with Gasteiger partial charge in [0.2, 0.25) is 0 Å². The van der Waals surface area contributed by atoms with E-state index >= 15 is 0 Å². The second-order valence-electron chi connectivity index (χ2n) is 5.52. The SMILES string of the molecule is Cc1cc(C(N)C2C(C)OC(C)C2C)ccc1F. The molecule has 1 heterocycles. The number of nitrogens with two attached hydrogens (primary N) is 1. The molecule has 5 unspecified atom stereocenters. The lowest BCUT2D eigenvalue weighted by molar-refractivity contribution is 0.0489. The molecule has 1 aromatic carbocycles. The van der Waals surface area contributed by atoms with Crippen molar-refractivity contribution in [1.82, 2.24) is 0 Å². The van der Waals surface area contributed by atoms with Crippen molar-refractivity contribution in [2.24, 2.45) is 17.6 Å². The van der Waals surface area contributed by atoms with Crippen LogP contribution in [0.3, 0.4) is 0 Å². The smallest absolute Gasteiger partial charge is 0.126 e. The molecule has 1 fully saturated rings. The molecule has 0 aliphatic carbocycles. The molecular weight excluding hydrogens is 229 g/mol. The van der Waals surface area contributed by atoms with Gasteiger partial charge in [0.25, 0.3) is 0 Å². The van der Waals surface area contributed by atoms with Gasteiger partial charge in [0, 0.05) is 12.0 Å². The maximum Gasteiger partial charge on any atom is 0.126 e. The Morgan fingerprint density at radius 1 is 1.22 bits per heavy atom. The number of rotatable bonds is 2. The predicted octanol–water partition coefficient (Wildman–Crippen LogP) is 3.19. The van der Waals surface area contributed by atoms with E-state index in [1.165, 1.54) is 6.07 Å². The van der Waals surface area contributed by atoms with Gasteiger partial charge in [-0.1, -0.05) is 19.1 Å². The van der Waals surface area contributed by atoms with Crippen LogP contribution in [0, 0.1) is 24.6 Å². The van der Waals surface area contributed by atoms with Crippen LogP contribution in [0.1, 0.15) is 37.9 Å². The van der Waals surface area contributed by atoms with Crippen LogP contribution in [-0.4, -0.2) is 12.2 Å². The van der Waals surface area contributed by atoms with Gasteiger partial charge in [0.1, 0.15) is 5.82 Å². The summed E-state index contributed by atoms with van der Waals surface area (Å²) >= 11 is 0. The van der Waals surface area contributed by atoms with Crippen molar-refractivity contribution in [3.8, 4) is 0 Å². The Bertz CT molecular complexity index is 435. The van der Waals surface area contributed by atoms with Crippen LogP contribution in [0.2, 0.25) is 0 Å². The summed E-state index contributed by atoms with van der Waals surface area (Å²) in [5, 5.41) is 0. The summed E-state index contributed by atoms with van der Waals surface area (Å²) in [6.07, 6.45) is 0.382. The second kappa shape index (κ2) is 4.98. The Morgan fingerprint density at radius 3 is 2.39 bits per heavy atom. The third kappa shape index (κ3) is 2.29. The first-order valence-electron chi connectivity index (χ1n) is 6.59. The number of ether oxygens (including phenoxy) is 1. The minimum atomic E-state index is -0.178. The van der Waals surface area contributed by atoms with Crippen molar-refractivity contribution >= 4 is 0 Å². The molecule has 2 rings (SSSR count). The molecule has 0 aromatic heterocycles. The van der Waals surface area contributed by atoms with Gasteiger partial charge in [-0.3, -0.25) is 0 Å². The normalized spacial score (nSPS) is 33.7. The van der Waals surface area contributed by atoms with Crippen molar-refractivity contribution < 1.29 is 9.13 Å². The number of hydrogen-bond acceptors (Lipinski definition) is 2. The maximum atomic E-state index is 13.3. The Hall–Kier alpha value is -0.930. The number of aryl methyl sites for hydroxylation is 1. The minimum absolute atomic E-state index is 0.0979. The highest BCUT2D eigenvalue weighted by Gasteiger charge is 2.40. The summed E-state index contributed by atoms with van der Waals surface area (Å²) in [4.78, 5) is 0. The highest BCUT2D eigenvalue weighted by Crippen LogP contribution is 2.39. The minimum Gasteiger partial charge on any atom is -0.375 e. The van der Waals surface area contributed by atoms with Crippen LogP contribution in [0.25, 0.3) is 0 Å². The van der Waals surface area contributed by atoms with Gasteiger partial charge in [-0.15, -0.1) is 0 Å². The average Bonchev–Trinajstić information content (AvgIpc) is 2.56. The van der Waals surface area contributed by atoms with Gasteiger partial charge in [-0.25, -0.2) is 4.39 Å². The first-order valence-corrected chi connectivity index (χ1v) is 6.59. The van der Waals surface area contributed by atoms with Crippen LogP contribution in [0.15, 0.2) is 18.2 Å². The molecule has 0 radical (unpaired) electrons. The van der Waals surface area contributed by atoms with E-state index in [-0.39, 0.29) is 30.0 Å². The molecule has 1 aromatic rings. The predicted molar refractivity (Wildman–Crippen MR) is 70.7 cm³/mol. The van der Waals surface area contributed by atoms with Crippen molar-refractivity contribution in [1.29, 1.82) is 0 Å². The molecule has 1 aliphatic heterocycles. The van der Waals surface area contributed by atoms with Crippen LogP contribution >= 0.6 is 0 Å². The number of hydrogen-bond donors (Lipinski definition) is 1. The van der Waals surface area contributed by atoms with E-state index in [9.17, 15) is 4.39 Å². The molecule has 100 valence electrons. The quantitative estimate of drug-likeness (QED) is 0.876. The zero-order valence-corrected chi connectivity index (χ0v) is 11.5. The fourth-order valence-electron chi connectivity index (χ4n) is 3.01. The third-order valence-electron chi connectivity index (χ3n) is 4.30. The van der Waals surface area contributed by atoms with E-state index in [1.807, 2.05) is 6.07 Å². The first-order chi connectivity index (χ1) is 8.41. The molecule has 18 heavy (non-hydrogen) atoms. The van der Waals surface area contributed by atoms with Crippen molar-refractivity contribution in [3.05, 3.63) is 35.1 Å². The molecular formula is C15H22FNO. The van der Waals surface area contributed by atoms with Gasteiger partial charge in [0.15, 0.2) is 0 Å². The Kier molecular flexibility index (Phi) is 3.74. The van der Waals surface area contributed by atoms with Gasteiger partial charge in [0.05, 0.1) is 12.2 Å². The first kappa shape index (κ1) is 13.5. The molecule has 1 saturated heterocycles. The summed E-state index contributed by atoms with van der Waals surface area (Å²) in [7, 11) is 0. The molecule has 0 amide bonds. The maximum absolute atomic E-state index is 13.3. The molecule has 5 atom stereocenters. The fourth-order valence-corrected chi connectivity index (χ4v) is 3.01. The highest BCUT2D eigenvalue weighted by atomic mass is 19.1. The molecule has 2 nitrogen and oxygen atoms in total. The summed E-state index contributed by atoms with van der Waals surface area (Å²) in [5.74, 6) is 0.522. The lowest BCUT2D eigenvalue weighted by atomic mass is 9.81. The zero-order chi connectivity index (χ0) is 13.4. The number of benzene rings is 1. The Morgan fingerprint density at radius 2 is 1.89 bits per heavy atom. The van der Waals surface area contributed by atoms with Crippen LogP contribution in [0.4, 0.5) is 4.39 Å². The largest absolute Gasteiger partial charge is 0.375 e. The van der Waals surface area contributed by atoms with Crippen LogP contribution < -0.4 is 5.73 Å². The molecule has 1 aliphatic rings. The second-order valence-corrected chi connectivity index (χ2v) is 5.52. The summed E-state index contributed by atoms with van der Waals surface area (Å²) < 4.78 is 19.1. The molecule has 2 N–H and O–H groups in total. The van der Waals surface area contributed by atoms with Gasteiger partial charge in [-0.05, 0) is 43.9 Å². The van der Waals surface area contributed by atoms with E-state index in [0.717, 1.165) is 5.56 Å². The topological polar surface area (TPSA) is 35.2 Å². The monoisotopic (exact) mass is 251 g/mol. The molecule has 0 saturated carbocycles. The van der Waals surface area contributed by atoms with Gasteiger partial charge in [-0.2, -0.15) is 0 Å². The molecule has 0 bridgehead atoms. The summed E-state index contributed by atoms with van der Waals surface area (Å²) in [6, 6.07) is 5.04. The van der Waals surface area contributed by atoms with Gasteiger partial charge < -0.3 is 10.5 Å². The third-order valence-corrected chi connectivity index (χ3v) is 4.30. The Labute approximate surface area is 108 Å². The Balaban J connectivity index is 2.25. The van der Waals surface area contributed by atoms with Crippen molar-refractivity contribution in [2.75, 3.05) is 0 Å². The van der Waals surface area contributed by atoms with Crippen LogP contribution in [0.5, 0.6) is 0 Å². The van der Waals surface area contributed by atoms with Crippen molar-refractivity contribution in [3.63, 3.8) is 0 Å². The van der Waals surface area contributed by atoms with E-state index < -0.39 is 0 Å². The van der Waals surface area contributed by atoms with E-state index in [4.69, 9.17) is 10.5 Å².